The van der Waals surface area contributed by atoms with Gasteiger partial charge in [0.2, 0.25) is 0 Å². The largest absolute Gasteiger partial charge is 0.461 e. The molecule has 2 aromatic heterocycles. The van der Waals surface area contributed by atoms with Crippen molar-refractivity contribution < 1.29 is 28.2 Å². The molecule has 2 bridgehead atoms. The van der Waals surface area contributed by atoms with E-state index in [-0.39, 0.29) is 47.5 Å². The van der Waals surface area contributed by atoms with E-state index in [1.807, 2.05) is 62.1 Å². The first-order valence-corrected chi connectivity index (χ1v) is 20.2. The molecule has 2 aromatic carbocycles. The van der Waals surface area contributed by atoms with Crippen molar-refractivity contribution in [1.29, 1.82) is 0 Å². The number of amides is 2. The van der Waals surface area contributed by atoms with E-state index in [1.165, 1.54) is 0 Å². The summed E-state index contributed by atoms with van der Waals surface area (Å²) < 4.78 is 34.9. The van der Waals surface area contributed by atoms with Crippen molar-refractivity contribution in [2.24, 2.45) is 0 Å². The number of alkyl carbamates (subject to hydrolysis) is 1. The maximum atomic E-state index is 17.3. The van der Waals surface area contributed by atoms with E-state index in [0.717, 1.165) is 62.4 Å². The van der Waals surface area contributed by atoms with Gasteiger partial charge in [0.25, 0.3) is 0 Å². The van der Waals surface area contributed by atoms with Crippen LogP contribution >= 0.6 is 0 Å². The summed E-state index contributed by atoms with van der Waals surface area (Å²) in [5.41, 5.74) is 0.205. The van der Waals surface area contributed by atoms with Crippen LogP contribution in [0, 0.1) is 17.7 Å². The molecule has 0 saturated carbocycles. The standard InChI is InChI=1S/C44H52FN7O5/c1-42(2,3)56-40(53)46-21-9-15-29-13-7-12-28-14-8-16-32(34(28)29)36-35(45)37-33(24-47-36)38(49-39(48-37)55-27-44-19-10-22-51(44)23-11-20-44)50-25-30-17-18-31(26-50)52(30)41(54)57-43(4,5)6/h7-8,12-14,16,24,30-31H,10-11,17-23,25-27H2,1-6H3,(H,46,53). The number of carbonyl (C=O) groups is 2. The van der Waals surface area contributed by atoms with Gasteiger partial charge in [0.15, 0.2) is 5.82 Å². The summed E-state index contributed by atoms with van der Waals surface area (Å²) in [5.74, 6) is 6.15. The van der Waals surface area contributed by atoms with Crippen LogP contribution in [0.2, 0.25) is 0 Å². The van der Waals surface area contributed by atoms with Crippen LogP contribution in [0.25, 0.3) is 32.9 Å². The minimum absolute atomic E-state index is 0.0542. The molecule has 2 atom stereocenters. The minimum Gasteiger partial charge on any atom is -0.461 e. The number of pyridine rings is 1. The first kappa shape index (κ1) is 38.6. The number of benzene rings is 2. The molecule has 300 valence electrons. The molecule has 2 amide bonds. The van der Waals surface area contributed by atoms with E-state index in [0.29, 0.717) is 42.0 Å². The molecule has 0 spiro atoms. The number of ether oxygens (including phenoxy) is 3. The lowest BCUT2D eigenvalue weighted by Gasteiger charge is -2.42. The third-order valence-electron chi connectivity index (χ3n) is 11.4. The van der Waals surface area contributed by atoms with Crippen molar-refractivity contribution in [3.8, 4) is 29.1 Å². The number of aromatic nitrogens is 3. The van der Waals surface area contributed by atoms with Gasteiger partial charge in [-0.25, -0.2) is 14.0 Å². The van der Waals surface area contributed by atoms with Crippen molar-refractivity contribution >= 4 is 39.7 Å². The number of nitrogens with one attached hydrogen (secondary N) is 1. The Hall–Kier alpha value is -5.22. The molecule has 0 aliphatic carbocycles. The van der Waals surface area contributed by atoms with E-state index >= 15 is 4.39 Å². The molecule has 0 radical (unpaired) electrons. The van der Waals surface area contributed by atoms with Crippen molar-refractivity contribution in [1.82, 2.24) is 30.1 Å². The summed E-state index contributed by atoms with van der Waals surface area (Å²) in [7, 11) is 0. The number of nitrogens with zero attached hydrogens (tertiary/aromatic N) is 6. The molecule has 1 N–H and O–H groups in total. The first-order chi connectivity index (χ1) is 27.2. The Morgan fingerprint density at radius 3 is 2.32 bits per heavy atom. The van der Waals surface area contributed by atoms with Gasteiger partial charge in [0.1, 0.15) is 34.8 Å². The molecular weight excluding hydrogens is 726 g/mol. The molecule has 6 heterocycles. The van der Waals surface area contributed by atoms with E-state index in [9.17, 15) is 9.59 Å². The van der Waals surface area contributed by atoms with Crippen LogP contribution in [0.15, 0.2) is 42.6 Å². The van der Waals surface area contributed by atoms with E-state index < -0.39 is 23.1 Å². The summed E-state index contributed by atoms with van der Waals surface area (Å²) >= 11 is 0. The number of hydrogen-bond donors (Lipinski definition) is 1. The Bertz CT molecular complexity index is 2250. The van der Waals surface area contributed by atoms with Crippen molar-refractivity contribution in [3.05, 3.63) is 54.0 Å². The zero-order chi connectivity index (χ0) is 40.1. The highest BCUT2D eigenvalue weighted by Crippen LogP contribution is 2.41. The fourth-order valence-electron chi connectivity index (χ4n) is 9.08. The molecule has 12 nitrogen and oxygen atoms in total. The van der Waals surface area contributed by atoms with Gasteiger partial charge < -0.3 is 24.4 Å². The average molecular weight is 778 g/mol. The SMILES string of the molecule is CC(C)(C)OC(=O)NCC#Cc1cccc2cccc(-c3ncc4c(N5CC6CCC(C5)N6C(=O)OC(C)(C)C)nc(OCC56CCCN5CCC6)nc4c3F)c12. The predicted octanol–water partition coefficient (Wildman–Crippen LogP) is 7.46. The van der Waals surface area contributed by atoms with Gasteiger partial charge in [-0.15, -0.1) is 0 Å². The van der Waals surface area contributed by atoms with Crippen LogP contribution in [-0.4, -0.2) is 105 Å². The van der Waals surface area contributed by atoms with Gasteiger partial charge in [-0.2, -0.15) is 9.97 Å². The molecule has 4 fully saturated rings. The Balaban J connectivity index is 1.16. The highest BCUT2D eigenvalue weighted by molar-refractivity contribution is 6.02. The second-order valence-corrected chi connectivity index (χ2v) is 17.8. The maximum absolute atomic E-state index is 17.3. The van der Waals surface area contributed by atoms with Crippen LogP contribution < -0.4 is 15.0 Å². The third-order valence-corrected chi connectivity index (χ3v) is 11.4. The third kappa shape index (κ3) is 7.89. The normalized spacial score (nSPS) is 20.3. The van der Waals surface area contributed by atoms with E-state index in [1.54, 1.807) is 27.0 Å². The number of fused-ring (bicyclic) bond motifs is 5. The quantitative estimate of drug-likeness (QED) is 0.198. The lowest BCUT2D eigenvalue weighted by atomic mass is 9.95. The number of anilines is 1. The van der Waals surface area contributed by atoms with E-state index in [2.05, 4.69) is 27.0 Å². The highest BCUT2D eigenvalue weighted by atomic mass is 19.1. The fourth-order valence-corrected chi connectivity index (χ4v) is 9.08. The van der Waals surface area contributed by atoms with Crippen LogP contribution in [0.4, 0.5) is 19.8 Å². The number of piperazine rings is 1. The number of carbonyl (C=O) groups excluding carboxylic acids is 2. The first-order valence-electron chi connectivity index (χ1n) is 20.2. The van der Waals surface area contributed by atoms with Gasteiger partial charge >= 0.3 is 18.2 Å². The molecule has 2 unspecified atom stereocenters. The minimum atomic E-state index is -0.624. The Morgan fingerprint density at radius 2 is 1.63 bits per heavy atom. The van der Waals surface area contributed by atoms with Crippen LogP contribution in [0.5, 0.6) is 6.01 Å². The van der Waals surface area contributed by atoms with Gasteiger partial charge in [-0.05, 0) is 105 Å². The van der Waals surface area contributed by atoms with Crippen LogP contribution in [0.1, 0.15) is 85.6 Å². The topological polar surface area (TPSA) is 122 Å². The monoisotopic (exact) mass is 777 g/mol. The van der Waals surface area contributed by atoms with Crippen molar-refractivity contribution in [2.45, 2.75) is 109 Å². The summed E-state index contributed by atoms with van der Waals surface area (Å²) in [6.45, 7) is 14.7. The Kier molecular flexibility index (Phi) is 10.1. The Morgan fingerprint density at radius 1 is 0.947 bits per heavy atom. The van der Waals surface area contributed by atoms with E-state index in [4.69, 9.17) is 29.2 Å². The van der Waals surface area contributed by atoms with Gasteiger partial charge in [-0.1, -0.05) is 42.2 Å². The molecule has 4 aromatic rings. The van der Waals surface area contributed by atoms with Crippen molar-refractivity contribution in [2.75, 3.05) is 44.2 Å². The maximum Gasteiger partial charge on any atom is 0.410 e. The molecule has 4 aliphatic heterocycles. The number of rotatable bonds is 6. The number of halogens is 1. The molecule has 13 heteroatoms. The van der Waals surface area contributed by atoms with Gasteiger partial charge in [0.05, 0.1) is 29.6 Å². The molecular formula is C44H52FN7O5. The van der Waals surface area contributed by atoms with Gasteiger partial charge in [-0.3, -0.25) is 14.8 Å². The van der Waals surface area contributed by atoms with Crippen molar-refractivity contribution in [3.63, 3.8) is 0 Å². The second kappa shape index (κ2) is 14.9. The summed E-state index contributed by atoms with van der Waals surface area (Å²) in [5, 5.41) is 4.75. The average Bonchev–Trinajstić information content (AvgIpc) is 3.81. The molecule has 8 rings (SSSR count). The Labute approximate surface area is 333 Å². The second-order valence-electron chi connectivity index (χ2n) is 17.8. The smallest absolute Gasteiger partial charge is 0.410 e. The van der Waals surface area contributed by atoms with Crippen LogP contribution in [0.3, 0.4) is 0 Å². The fraction of sp³-hybridized carbons (Fsp3) is 0.523. The lowest BCUT2D eigenvalue weighted by Crippen LogP contribution is -2.57. The summed E-state index contributed by atoms with van der Waals surface area (Å²) in [6.07, 6.45) is 6.82. The molecule has 4 saturated heterocycles. The zero-order valence-corrected chi connectivity index (χ0v) is 33.8. The van der Waals surface area contributed by atoms with Crippen LogP contribution in [-0.2, 0) is 9.47 Å². The summed E-state index contributed by atoms with van der Waals surface area (Å²) in [6, 6.07) is 11.4. The summed E-state index contributed by atoms with van der Waals surface area (Å²) in [4.78, 5) is 46.5. The lowest BCUT2D eigenvalue weighted by molar-refractivity contribution is 0.0122. The van der Waals surface area contributed by atoms with Gasteiger partial charge in [0, 0.05) is 35.8 Å². The molecule has 4 aliphatic rings. The molecule has 57 heavy (non-hydrogen) atoms. The zero-order valence-electron chi connectivity index (χ0n) is 33.8. The predicted molar refractivity (Wildman–Crippen MR) is 217 cm³/mol. The highest BCUT2D eigenvalue weighted by Gasteiger charge is 2.46. The number of hydrogen-bond acceptors (Lipinski definition) is 10.